The average Bonchev–Trinajstić information content (AvgIpc) is 3.54. The summed E-state index contributed by atoms with van der Waals surface area (Å²) in [5.74, 6) is 3.53. The summed E-state index contributed by atoms with van der Waals surface area (Å²) in [6.45, 7) is 15.3. The normalized spacial score (nSPS) is 28.9. The third-order valence-corrected chi connectivity index (χ3v) is 11.8. The summed E-state index contributed by atoms with van der Waals surface area (Å²) in [7, 11) is 0. The SMILES string of the molecule is C1CCC1.C=C(CC1CN(C(=C)CC2CCC(CCCCC3CCN(C4NC5=CN4C5)CC3)CC2F)C1)NCCCSC. The maximum Gasteiger partial charge on any atom is 0.157 e. The van der Waals surface area contributed by atoms with Crippen LogP contribution in [0.3, 0.4) is 0 Å². The van der Waals surface area contributed by atoms with E-state index in [2.05, 4.69) is 50.9 Å². The van der Waals surface area contributed by atoms with Crippen molar-refractivity contribution in [1.82, 2.24) is 25.3 Å². The summed E-state index contributed by atoms with van der Waals surface area (Å²) < 4.78 is 15.2. The summed E-state index contributed by atoms with van der Waals surface area (Å²) in [5, 5.41) is 7.09. The van der Waals surface area contributed by atoms with Gasteiger partial charge in [0.2, 0.25) is 0 Å². The fraction of sp³-hybridized carbons (Fsp3) is 0.833. The maximum absolute atomic E-state index is 15.2. The van der Waals surface area contributed by atoms with Crippen LogP contribution in [0.1, 0.15) is 103 Å². The minimum absolute atomic E-state index is 0.179. The van der Waals surface area contributed by atoms with Crippen molar-refractivity contribution in [2.24, 2.45) is 23.7 Å². The molecule has 4 atom stereocenters. The second kappa shape index (κ2) is 16.8. The quantitative estimate of drug-likeness (QED) is 0.173. The molecule has 43 heavy (non-hydrogen) atoms. The summed E-state index contributed by atoms with van der Waals surface area (Å²) in [5.41, 5.74) is 3.74. The minimum Gasteiger partial charge on any atom is -0.389 e. The van der Waals surface area contributed by atoms with Crippen molar-refractivity contribution in [2.45, 2.75) is 115 Å². The number of halogens is 1. The Morgan fingerprint density at radius 3 is 2.26 bits per heavy atom. The van der Waals surface area contributed by atoms with Gasteiger partial charge in [-0.25, -0.2) is 4.39 Å². The van der Waals surface area contributed by atoms with Gasteiger partial charge in [-0.05, 0) is 87.0 Å². The lowest BCUT2D eigenvalue weighted by molar-refractivity contribution is 0.0582. The van der Waals surface area contributed by atoms with Crippen LogP contribution in [0.5, 0.6) is 0 Å². The van der Waals surface area contributed by atoms with Crippen LogP contribution in [0, 0.1) is 23.7 Å². The van der Waals surface area contributed by atoms with Crippen LogP contribution in [0.15, 0.2) is 36.4 Å². The zero-order valence-electron chi connectivity index (χ0n) is 27.3. The molecular formula is C36H62FN5S. The molecular weight excluding hydrogens is 553 g/mol. The average molecular weight is 616 g/mol. The molecule has 0 radical (unpaired) electrons. The molecule has 5 nitrogen and oxygen atoms in total. The largest absolute Gasteiger partial charge is 0.389 e. The van der Waals surface area contributed by atoms with Gasteiger partial charge in [-0.15, -0.1) is 0 Å². The van der Waals surface area contributed by atoms with Crippen LogP contribution in [0.25, 0.3) is 0 Å². The van der Waals surface area contributed by atoms with Crippen LogP contribution >= 0.6 is 11.8 Å². The molecule has 5 heterocycles. The standard InChI is InChI=1S/C32H54FN5S.C4H8/c1-24(34-13-6-16-39-3)17-28-20-37(21-28)25(2)18-29-10-9-27(19-31(29)33)8-5-4-7-26-11-14-36(15-12-26)32-35-30-22-38(32)23-30;1-2-4-3-1/h22,26-29,31-32,34-35H,1-2,4-21,23H2,3H3;1-4H2. The van der Waals surface area contributed by atoms with Gasteiger partial charge in [0, 0.05) is 56.0 Å². The highest BCUT2D eigenvalue weighted by Gasteiger charge is 2.38. The van der Waals surface area contributed by atoms with Gasteiger partial charge in [0.25, 0.3) is 0 Å². The first kappa shape index (κ1) is 33.0. The van der Waals surface area contributed by atoms with Gasteiger partial charge in [-0.2, -0.15) is 11.8 Å². The fourth-order valence-electron chi connectivity index (χ4n) is 7.81. The zero-order valence-corrected chi connectivity index (χ0v) is 28.2. The molecule has 0 spiro atoms. The molecule has 0 aromatic carbocycles. The number of fused-ring (bicyclic) bond motifs is 1. The van der Waals surface area contributed by atoms with Crippen LogP contribution in [-0.4, -0.2) is 78.4 Å². The van der Waals surface area contributed by atoms with Gasteiger partial charge in [-0.3, -0.25) is 4.90 Å². The highest BCUT2D eigenvalue weighted by molar-refractivity contribution is 7.98. The van der Waals surface area contributed by atoms with E-state index in [-0.39, 0.29) is 5.92 Å². The second-order valence-electron chi connectivity index (χ2n) is 14.6. The second-order valence-corrected chi connectivity index (χ2v) is 15.6. The van der Waals surface area contributed by atoms with Gasteiger partial charge in [0.15, 0.2) is 6.29 Å². The molecule has 0 aromatic heterocycles. The monoisotopic (exact) mass is 615 g/mol. The molecule has 5 fully saturated rings. The number of allylic oxidation sites excluding steroid dienone is 2. The van der Waals surface area contributed by atoms with Gasteiger partial charge < -0.3 is 20.4 Å². The number of unbranched alkanes of at least 4 members (excludes halogenated alkanes) is 1. The highest BCUT2D eigenvalue weighted by atomic mass is 32.2. The summed E-state index contributed by atoms with van der Waals surface area (Å²) in [6, 6.07) is 0. The number of hydrogen-bond acceptors (Lipinski definition) is 6. The lowest BCUT2D eigenvalue weighted by Crippen LogP contribution is -2.50. The van der Waals surface area contributed by atoms with Crippen LogP contribution in [0.2, 0.25) is 0 Å². The van der Waals surface area contributed by atoms with E-state index in [4.69, 9.17) is 0 Å². The van der Waals surface area contributed by atoms with Crippen molar-refractivity contribution in [3.63, 3.8) is 0 Å². The molecule has 244 valence electrons. The van der Waals surface area contributed by atoms with E-state index in [1.54, 1.807) is 0 Å². The van der Waals surface area contributed by atoms with E-state index in [0.717, 1.165) is 63.5 Å². The Hall–Kier alpha value is -1.34. The van der Waals surface area contributed by atoms with E-state index in [9.17, 15) is 0 Å². The lowest BCUT2D eigenvalue weighted by atomic mass is 9.76. The molecule has 7 heteroatoms. The maximum atomic E-state index is 15.2. The Kier molecular flexibility index (Phi) is 12.9. The Morgan fingerprint density at radius 2 is 1.65 bits per heavy atom. The molecule has 7 aliphatic rings. The molecule has 0 aromatic rings. The number of thioether (sulfide) groups is 1. The van der Waals surface area contributed by atoms with Crippen molar-refractivity contribution in [1.29, 1.82) is 0 Å². The number of rotatable bonds is 16. The topological polar surface area (TPSA) is 33.8 Å². The fourth-order valence-corrected chi connectivity index (χ4v) is 8.24. The Bertz CT molecular complexity index is 903. The Morgan fingerprint density at radius 1 is 0.953 bits per heavy atom. The highest BCUT2D eigenvalue weighted by Crippen LogP contribution is 2.39. The lowest BCUT2D eigenvalue weighted by Gasteiger charge is -2.44. The molecule has 2 aliphatic carbocycles. The number of nitrogens with zero attached hydrogens (tertiary/aromatic N) is 3. The number of nitrogens with one attached hydrogen (secondary N) is 2. The summed E-state index contributed by atoms with van der Waals surface area (Å²) in [4.78, 5) is 7.43. The first-order chi connectivity index (χ1) is 21.0. The molecule has 2 N–H and O–H groups in total. The molecule has 7 rings (SSSR count). The van der Waals surface area contributed by atoms with Gasteiger partial charge in [-0.1, -0.05) is 64.5 Å². The van der Waals surface area contributed by atoms with Gasteiger partial charge >= 0.3 is 0 Å². The van der Waals surface area contributed by atoms with Crippen molar-refractivity contribution in [3.8, 4) is 0 Å². The minimum atomic E-state index is -0.645. The first-order valence-corrected chi connectivity index (χ1v) is 19.3. The smallest absolute Gasteiger partial charge is 0.157 e. The van der Waals surface area contributed by atoms with Crippen LogP contribution in [-0.2, 0) is 0 Å². The zero-order chi connectivity index (χ0) is 30.0. The molecule has 2 saturated carbocycles. The first-order valence-electron chi connectivity index (χ1n) is 17.9. The third-order valence-electron chi connectivity index (χ3n) is 11.1. The number of likely N-dealkylation sites (tertiary alicyclic amines) is 2. The van der Waals surface area contributed by atoms with E-state index in [0.29, 0.717) is 18.1 Å². The number of piperidine rings is 1. The predicted molar refractivity (Wildman–Crippen MR) is 182 cm³/mol. The predicted octanol–water partition coefficient (Wildman–Crippen LogP) is 7.70. The number of hydrogen-bond donors (Lipinski definition) is 2. The van der Waals surface area contributed by atoms with Crippen molar-refractivity contribution in [2.75, 3.05) is 51.3 Å². The Balaban J connectivity index is 0.000000850. The van der Waals surface area contributed by atoms with Crippen molar-refractivity contribution >= 4 is 11.8 Å². The van der Waals surface area contributed by atoms with E-state index >= 15 is 4.39 Å². The van der Waals surface area contributed by atoms with Crippen molar-refractivity contribution < 1.29 is 4.39 Å². The van der Waals surface area contributed by atoms with E-state index in [1.807, 2.05) is 11.8 Å². The van der Waals surface area contributed by atoms with Crippen LogP contribution in [0.4, 0.5) is 4.39 Å². The molecule has 2 bridgehead atoms. The van der Waals surface area contributed by atoms with E-state index < -0.39 is 6.17 Å². The molecule has 0 amide bonds. The van der Waals surface area contributed by atoms with Gasteiger partial charge in [0.05, 0.1) is 6.54 Å². The van der Waals surface area contributed by atoms with E-state index in [1.165, 1.54) is 107 Å². The van der Waals surface area contributed by atoms with Gasteiger partial charge in [0.1, 0.15) is 6.17 Å². The third kappa shape index (κ3) is 9.82. The molecule has 3 saturated heterocycles. The Labute approximate surface area is 267 Å². The number of alkyl halides is 1. The summed E-state index contributed by atoms with van der Waals surface area (Å²) >= 11 is 1.90. The molecule has 4 unspecified atom stereocenters. The van der Waals surface area contributed by atoms with Crippen molar-refractivity contribution in [3.05, 3.63) is 36.4 Å². The van der Waals surface area contributed by atoms with Crippen LogP contribution < -0.4 is 10.6 Å². The molecule has 5 aliphatic heterocycles. The summed E-state index contributed by atoms with van der Waals surface area (Å²) in [6.07, 6.45) is 24.2.